The number of amides is 1. The fraction of sp³-hybridized carbons (Fsp3) is 0.667. The number of Topliss-reactive ketones (excluding diaryl/α,β-unsaturated/α-hetero) is 2. The van der Waals surface area contributed by atoms with Gasteiger partial charge in [-0.25, -0.2) is 4.79 Å². The van der Waals surface area contributed by atoms with Gasteiger partial charge in [0.05, 0.1) is 30.5 Å². The summed E-state index contributed by atoms with van der Waals surface area (Å²) in [7, 11) is 4.80. The lowest BCUT2D eigenvalue weighted by atomic mass is 9.80. The van der Waals surface area contributed by atoms with Crippen LogP contribution in [0.5, 0.6) is 0 Å². The Balaban J connectivity index is 1.31. The molecule has 376 valence electrons. The zero-order valence-electron chi connectivity index (χ0n) is 42.0. The lowest BCUT2D eigenvalue weighted by Crippen LogP contribution is -2.64. The zero-order chi connectivity index (χ0) is 49.4. The molecular formula is C54H79N3O11. The van der Waals surface area contributed by atoms with Crippen LogP contribution in [0.3, 0.4) is 0 Å². The Morgan fingerprint density at radius 3 is 2.37 bits per heavy atom. The number of carbonyl (C=O) groups is 4. The number of cyclic esters (lactones) is 1. The largest absolute Gasteiger partial charge is 0.456 e. The molecule has 1 amide bonds. The van der Waals surface area contributed by atoms with Gasteiger partial charge in [0.15, 0.2) is 0 Å². The summed E-state index contributed by atoms with van der Waals surface area (Å²) < 4.78 is 32.8. The number of aliphatic hydroxyl groups is 2. The number of aromatic nitrogens is 1. The first kappa shape index (κ1) is 53.2. The van der Waals surface area contributed by atoms with Crippen LogP contribution in [0.2, 0.25) is 0 Å². The molecule has 14 heteroatoms. The number of esters is 1. The summed E-state index contributed by atoms with van der Waals surface area (Å²) >= 11 is 0. The van der Waals surface area contributed by atoms with Crippen molar-refractivity contribution in [3.8, 4) is 0 Å². The van der Waals surface area contributed by atoms with Crippen LogP contribution in [-0.2, 0) is 49.4 Å². The Labute approximate surface area is 403 Å². The Hall–Kier alpha value is -4.18. The van der Waals surface area contributed by atoms with Gasteiger partial charge in [-0.2, -0.15) is 0 Å². The van der Waals surface area contributed by atoms with Gasteiger partial charge in [-0.3, -0.25) is 14.4 Å². The Morgan fingerprint density at radius 1 is 0.956 bits per heavy atom. The third kappa shape index (κ3) is 12.0. The Kier molecular flexibility index (Phi) is 18.5. The molecule has 14 atom stereocenters. The molecule has 1 aliphatic carbocycles. The topological polar surface area (TPSA) is 175 Å². The van der Waals surface area contributed by atoms with Gasteiger partial charge in [0, 0.05) is 81.4 Å². The predicted octanol–water partition coefficient (Wildman–Crippen LogP) is 7.73. The molecule has 3 fully saturated rings. The van der Waals surface area contributed by atoms with Gasteiger partial charge in [0.2, 0.25) is 5.79 Å². The van der Waals surface area contributed by atoms with Crippen molar-refractivity contribution >= 4 is 40.0 Å². The molecule has 0 spiro atoms. The number of ether oxygens (including phenoxy) is 5. The molecule has 1 aromatic carbocycles. The number of aliphatic hydroxyl groups excluding tert-OH is 1. The van der Waals surface area contributed by atoms with Gasteiger partial charge in [-0.15, -0.1) is 6.58 Å². The lowest BCUT2D eigenvalue weighted by molar-refractivity contribution is -0.302. The molecule has 68 heavy (non-hydrogen) atoms. The maximum atomic E-state index is 14.6. The second-order valence-corrected chi connectivity index (χ2v) is 20.3. The number of hydrogen-bond acceptors (Lipinski definition) is 12. The first-order valence-electron chi connectivity index (χ1n) is 25.0. The summed E-state index contributed by atoms with van der Waals surface area (Å²) in [6, 6.07) is 7.47. The summed E-state index contributed by atoms with van der Waals surface area (Å²) in [5, 5.41) is 29.0. The third-order valence-corrected chi connectivity index (χ3v) is 15.4. The average molecular weight is 946 g/mol. The Morgan fingerprint density at radius 2 is 1.68 bits per heavy atom. The van der Waals surface area contributed by atoms with E-state index >= 15 is 0 Å². The molecule has 4 heterocycles. The van der Waals surface area contributed by atoms with Gasteiger partial charge < -0.3 is 48.7 Å². The van der Waals surface area contributed by atoms with Crippen LogP contribution in [0.25, 0.3) is 10.9 Å². The number of ketones is 2. The number of methoxy groups -OCH3 is 3. The SMILES string of the molecule is C=CCC1/C=C(\C)CC(C)CC(OC)C2OC(O)(C(=O)C(=O)N3CCCCC3C(=O)OC(C(C)=CC3CCC(Nc4ccc5c(ccn5CC)c4)C(OC)C3)C(C)C(O)CC1=O)C(C)CC2OC. The molecule has 2 saturated heterocycles. The number of allylic oxidation sites excluding steroid dienone is 4. The third-order valence-electron chi connectivity index (χ3n) is 15.4. The molecule has 14 unspecified atom stereocenters. The first-order chi connectivity index (χ1) is 32.5. The highest BCUT2D eigenvalue weighted by Crippen LogP contribution is 2.40. The number of benzene rings is 1. The number of hydrogen-bond donors (Lipinski definition) is 3. The van der Waals surface area contributed by atoms with E-state index < -0.39 is 77.8 Å². The second kappa shape index (κ2) is 23.6. The monoisotopic (exact) mass is 946 g/mol. The number of aryl methyl sites for hydroxylation is 1. The van der Waals surface area contributed by atoms with Crippen molar-refractivity contribution in [1.82, 2.24) is 9.47 Å². The van der Waals surface area contributed by atoms with E-state index in [1.165, 1.54) is 30.0 Å². The van der Waals surface area contributed by atoms with Gasteiger partial charge in [-0.1, -0.05) is 44.6 Å². The van der Waals surface area contributed by atoms with E-state index in [0.717, 1.165) is 30.6 Å². The van der Waals surface area contributed by atoms with Gasteiger partial charge in [0.1, 0.15) is 24.0 Å². The molecule has 1 saturated carbocycles. The summed E-state index contributed by atoms with van der Waals surface area (Å²) in [6.45, 7) is 16.4. The number of anilines is 1. The highest BCUT2D eigenvalue weighted by molar-refractivity contribution is 6.39. The van der Waals surface area contributed by atoms with Crippen LogP contribution in [0, 0.1) is 29.6 Å². The number of carbonyl (C=O) groups excluding carboxylic acids is 4. The van der Waals surface area contributed by atoms with Gasteiger partial charge >= 0.3 is 5.97 Å². The van der Waals surface area contributed by atoms with E-state index in [1.807, 2.05) is 19.9 Å². The van der Waals surface area contributed by atoms with Crippen LogP contribution < -0.4 is 5.32 Å². The van der Waals surface area contributed by atoms with Crippen LogP contribution >= 0.6 is 0 Å². The number of rotatable bonds is 10. The molecule has 3 aliphatic heterocycles. The van der Waals surface area contributed by atoms with Crippen LogP contribution in [-0.4, -0.2) is 125 Å². The molecule has 3 N–H and O–H groups in total. The van der Waals surface area contributed by atoms with Crippen LogP contribution in [0.4, 0.5) is 5.69 Å². The van der Waals surface area contributed by atoms with Crippen molar-refractivity contribution < 1.29 is 53.1 Å². The van der Waals surface area contributed by atoms with E-state index in [9.17, 15) is 29.4 Å². The Bertz CT molecular complexity index is 2150. The summed E-state index contributed by atoms with van der Waals surface area (Å²) in [5.41, 5.74) is 3.88. The predicted molar refractivity (Wildman–Crippen MR) is 262 cm³/mol. The molecule has 2 bridgehead atoms. The summed E-state index contributed by atoms with van der Waals surface area (Å²) in [5.74, 6) is -7.64. The minimum absolute atomic E-state index is 0.00828. The van der Waals surface area contributed by atoms with Crippen molar-refractivity contribution in [2.75, 3.05) is 33.2 Å². The molecule has 1 aromatic heterocycles. The van der Waals surface area contributed by atoms with Crippen molar-refractivity contribution in [3.63, 3.8) is 0 Å². The minimum Gasteiger partial charge on any atom is -0.456 e. The lowest BCUT2D eigenvalue weighted by Gasteiger charge is -2.47. The van der Waals surface area contributed by atoms with E-state index in [1.54, 1.807) is 27.0 Å². The van der Waals surface area contributed by atoms with Crippen LogP contribution in [0.1, 0.15) is 112 Å². The summed E-state index contributed by atoms with van der Waals surface area (Å²) in [6.07, 6.45) is 8.64. The average Bonchev–Trinajstić information content (AvgIpc) is 3.74. The van der Waals surface area contributed by atoms with Crippen molar-refractivity contribution in [1.29, 1.82) is 0 Å². The fourth-order valence-electron chi connectivity index (χ4n) is 11.4. The number of piperidine rings is 1. The highest BCUT2D eigenvalue weighted by atomic mass is 16.7. The van der Waals surface area contributed by atoms with E-state index in [2.05, 4.69) is 66.8 Å². The van der Waals surface area contributed by atoms with Crippen molar-refractivity contribution in [2.45, 2.75) is 173 Å². The molecule has 0 radical (unpaired) electrons. The fourth-order valence-corrected chi connectivity index (χ4v) is 11.4. The molecule has 6 rings (SSSR count). The molecule has 2 aromatic rings. The molecule has 14 nitrogen and oxygen atoms in total. The quantitative estimate of drug-likeness (QED) is 0.120. The minimum atomic E-state index is -2.51. The number of fused-ring (bicyclic) bond motifs is 4. The van der Waals surface area contributed by atoms with E-state index in [4.69, 9.17) is 23.7 Å². The van der Waals surface area contributed by atoms with Gasteiger partial charge in [-0.05, 0) is 127 Å². The zero-order valence-corrected chi connectivity index (χ0v) is 42.0. The standard InChI is InChI=1S/C54H79N3O11/c1-11-15-39-25-32(3)24-33(4)26-47(65-9)50-48(66-10)28-35(6)54(63,68-50)51(60)52(61)57-22-14-13-16-43(57)53(62)67-49(36(7)44(58)31-45(39)59)34(5)27-37-17-19-41(46(29-37)64-8)55-40-18-20-42-38(30-40)21-23-56(42)12-2/h11,18,20-21,23,25,27,30,33,35-37,39,41,43-44,46-50,55,58,63H,1,12-17,19,22,24,26,28-29,31H2,2-10H3/b32-25+,34-27?. The molecular weight excluding hydrogens is 867 g/mol. The first-order valence-corrected chi connectivity index (χ1v) is 25.0. The molecule has 4 aliphatic rings. The smallest absolute Gasteiger partial charge is 0.329 e. The second-order valence-electron chi connectivity index (χ2n) is 20.3. The number of nitrogens with zero attached hydrogens (tertiary/aromatic N) is 2. The van der Waals surface area contributed by atoms with E-state index in [-0.39, 0.29) is 55.6 Å². The maximum absolute atomic E-state index is 14.6. The van der Waals surface area contributed by atoms with E-state index in [0.29, 0.717) is 44.1 Å². The van der Waals surface area contributed by atoms with Crippen LogP contribution in [0.15, 0.2) is 66.4 Å². The normalized spacial score (nSPS) is 36.3. The highest BCUT2D eigenvalue weighted by Gasteiger charge is 2.56. The maximum Gasteiger partial charge on any atom is 0.329 e. The number of nitrogens with one attached hydrogen (secondary N) is 1. The van der Waals surface area contributed by atoms with Crippen molar-refractivity contribution in [2.24, 2.45) is 29.6 Å². The summed E-state index contributed by atoms with van der Waals surface area (Å²) in [4.78, 5) is 58.8. The van der Waals surface area contributed by atoms with Gasteiger partial charge in [0.25, 0.3) is 11.7 Å². The van der Waals surface area contributed by atoms with Crippen molar-refractivity contribution in [3.05, 3.63) is 66.4 Å².